The zero-order valence-electron chi connectivity index (χ0n) is 26.3. The molecule has 0 fully saturated rings. The van der Waals surface area contributed by atoms with E-state index in [9.17, 15) is 50.4 Å². The summed E-state index contributed by atoms with van der Waals surface area (Å²) in [7, 11) is -6.03. The van der Waals surface area contributed by atoms with Crippen molar-refractivity contribution in [3.63, 3.8) is 0 Å². The van der Waals surface area contributed by atoms with Crippen LogP contribution in [0.4, 0.5) is 50.4 Å². The van der Waals surface area contributed by atoms with E-state index in [-0.39, 0.29) is 0 Å². The van der Waals surface area contributed by atoms with E-state index in [4.69, 9.17) is 9.68 Å². The molecule has 0 amide bonds. The fourth-order valence-corrected chi connectivity index (χ4v) is 3.11. The number of halogens is 12. The Morgan fingerprint density at radius 2 is 0.792 bits per heavy atom. The molecule has 2 aromatic heterocycles. The maximum atomic E-state index is 9.87. The van der Waals surface area contributed by atoms with E-state index in [1.54, 1.807) is 0 Å². The second-order valence-electron chi connectivity index (χ2n) is 10.1. The first-order valence-corrected chi connectivity index (χ1v) is 16.7. The van der Waals surface area contributed by atoms with Crippen molar-refractivity contribution in [3.8, 4) is 0 Å². The Balaban J connectivity index is 0.000000349. The van der Waals surface area contributed by atoms with Crippen LogP contribution >= 0.6 is 15.6 Å². The van der Waals surface area contributed by atoms with Crippen LogP contribution in [0.3, 0.4) is 0 Å². The van der Waals surface area contributed by atoms with Gasteiger partial charge < -0.3 is 0 Å². The van der Waals surface area contributed by atoms with Crippen LogP contribution in [0, 0.1) is 0 Å². The predicted molar refractivity (Wildman–Crippen MR) is 157 cm³/mol. The molecule has 2 aromatic carbocycles. The van der Waals surface area contributed by atoms with Gasteiger partial charge in [-0.25, -0.2) is 19.0 Å². The Labute approximate surface area is 264 Å². The number of para-hydroxylation sites is 2. The third-order valence-corrected chi connectivity index (χ3v) is 4.51. The van der Waals surface area contributed by atoms with Crippen LogP contribution in [-0.2, 0) is 0 Å². The van der Waals surface area contributed by atoms with Crippen LogP contribution < -0.4 is 9.68 Å². The van der Waals surface area contributed by atoms with E-state index < -0.39 is 15.6 Å². The Bertz CT molecular complexity index is 1610. The SMILES string of the molecule is CN(C)C(On1nnc2ccccc21)=[N+](C)C.CN(C)C(On1nnc2ccccc21)=[N+](C)C.F[P-](F)(F)(F)(F)F.F[P-](F)(F)(F)(F)F. The average molecular weight is 758 g/mol. The van der Waals surface area contributed by atoms with E-state index in [1.165, 1.54) is 9.69 Å². The summed E-state index contributed by atoms with van der Waals surface area (Å²) < 4.78 is 122. The van der Waals surface area contributed by atoms with Crippen LogP contribution in [0.2, 0.25) is 0 Å². The molecule has 0 N–H and O–H groups in total. The summed E-state index contributed by atoms with van der Waals surface area (Å²) in [5.41, 5.74) is 3.30. The Morgan fingerprint density at radius 1 is 0.542 bits per heavy atom. The second-order valence-corrected chi connectivity index (χ2v) is 14.0. The van der Waals surface area contributed by atoms with Crippen LogP contribution in [0.5, 0.6) is 0 Å². The van der Waals surface area contributed by atoms with E-state index in [2.05, 4.69) is 20.6 Å². The molecule has 4 rings (SSSR count). The van der Waals surface area contributed by atoms with Crippen molar-refractivity contribution >= 4 is 49.7 Å². The van der Waals surface area contributed by atoms with E-state index in [1.807, 2.05) is 124 Å². The molecule has 0 aliphatic carbocycles. The minimum atomic E-state index is -10.7. The molecular weight excluding hydrogens is 726 g/mol. The number of benzene rings is 2. The summed E-state index contributed by atoms with van der Waals surface area (Å²) in [5.74, 6) is 0. The molecule has 0 saturated carbocycles. The molecule has 0 radical (unpaired) electrons. The number of amidine groups is 2. The van der Waals surface area contributed by atoms with Crippen molar-refractivity contribution in [2.75, 3.05) is 56.4 Å². The first-order valence-electron chi connectivity index (χ1n) is 12.6. The summed E-state index contributed by atoms with van der Waals surface area (Å²) in [6, 6.07) is 16.7. The number of hydrogen-bond acceptors (Lipinski definition) is 6. The zero-order valence-corrected chi connectivity index (χ0v) is 28.1. The van der Waals surface area contributed by atoms with Gasteiger partial charge in [0.2, 0.25) is 0 Å². The van der Waals surface area contributed by atoms with E-state index in [0.29, 0.717) is 12.0 Å². The van der Waals surface area contributed by atoms with Gasteiger partial charge >= 0.3 is 78.0 Å². The van der Waals surface area contributed by atoms with Crippen molar-refractivity contribution in [3.05, 3.63) is 48.5 Å². The summed E-state index contributed by atoms with van der Waals surface area (Å²) in [5, 5.41) is 16.0. The molecule has 2 heterocycles. The van der Waals surface area contributed by atoms with Crippen molar-refractivity contribution in [2.24, 2.45) is 0 Å². The maximum absolute atomic E-state index is 10.7. The number of aromatic nitrogens is 6. The standard InChI is InChI=1S/2C11H16N5O.2F6P/c2*1-14(2)11(15(3)4)17-16-10-8-6-5-7-9(10)12-13-16;2*1-7(2,3,4,5)6/h2*5-8H,1-4H3;;/q2*+1;2*-1. The molecule has 276 valence electrons. The van der Waals surface area contributed by atoms with Crippen molar-refractivity contribution in [1.29, 1.82) is 0 Å². The van der Waals surface area contributed by atoms with Gasteiger partial charge in [0.05, 0.1) is 56.4 Å². The molecule has 0 spiro atoms. The number of rotatable bonds is 2. The first-order chi connectivity index (χ1) is 21.1. The molecule has 26 heteroatoms. The number of fused-ring (bicyclic) bond motifs is 2. The number of nitrogens with zero attached hydrogens (tertiary/aromatic N) is 10. The van der Waals surface area contributed by atoms with Gasteiger partial charge in [0.15, 0.2) is 0 Å². The van der Waals surface area contributed by atoms with Crippen molar-refractivity contribution in [2.45, 2.75) is 0 Å². The van der Waals surface area contributed by atoms with Crippen LogP contribution in [-0.4, -0.2) is 118 Å². The Hall–Kier alpha value is -4.20. The van der Waals surface area contributed by atoms with Crippen molar-refractivity contribution < 1.29 is 69.2 Å². The molecular formula is C22H32F12N10O2P2. The Kier molecular flexibility index (Phi) is 11.3. The average Bonchev–Trinajstić information content (AvgIpc) is 3.45. The molecule has 0 aliphatic rings. The van der Waals surface area contributed by atoms with Gasteiger partial charge in [0.1, 0.15) is 22.1 Å². The quantitative estimate of drug-likeness (QED) is 0.0721. The molecule has 4 aromatic rings. The Morgan fingerprint density at radius 3 is 1.02 bits per heavy atom. The summed E-state index contributed by atoms with van der Waals surface area (Å²) in [6.07, 6.45) is 0. The van der Waals surface area contributed by atoms with Crippen LogP contribution in [0.25, 0.3) is 22.1 Å². The van der Waals surface area contributed by atoms with Crippen LogP contribution in [0.1, 0.15) is 0 Å². The van der Waals surface area contributed by atoms with Gasteiger partial charge in [0, 0.05) is 0 Å². The predicted octanol–water partition coefficient (Wildman–Crippen LogP) is 6.86. The molecule has 0 atom stereocenters. The van der Waals surface area contributed by atoms with Gasteiger partial charge in [-0.15, -0.1) is 10.2 Å². The normalized spacial score (nSPS) is 14.1. The fourth-order valence-electron chi connectivity index (χ4n) is 3.11. The zero-order chi connectivity index (χ0) is 37.6. The third-order valence-electron chi connectivity index (χ3n) is 4.51. The molecule has 0 aliphatic heterocycles. The summed E-state index contributed by atoms with van der Waals surface area (Å²) in [6.45, 7) is 0. The topological polar surface area (TPSA) is 92.4 Å². The molecule has 0 unspecified atom stereocenters. The van der Waals surface area contributed by atoms with Gasteiger partial charge in [-0.1, -0.05) is 34.0 Å². The van der Waals surface area contributed by atoms with E-state index >= 15 is 0 Å². The molecule has 48 heavy (non-hydrogen) atoms. The monoisotopic (exact) mass is 758 g/mol. The van der Waals surface area contributed by atoms with Gasteiger partial charge in [-0.3, -0.25) is 9.68 Å². The molecule has 0 bridgehead atoms. The van der Waals surface area contributed by atoms with Gasteiger partial charge in [-0.05, 0) is 34.7 Å². The summed E-state index contributed by atoms with van der Waals surface area (Å²) >= 11 is 0. The van der Waals surface area contributed by atoms with Gasteiger partial charge in [0.25, 0.3) is 0 Å². The molecule has 0 saturated heterocycles. The third kappa shape index (κ3) is 19.5. The minimum absolute atomic E-state index is 0.681. The number of hydrogen-bond donors (Lipinski definition) is 0. The summed E-state index contributed by atoms with van der Waals surface area (Å²) in [4.78, 5) is 18.0. The second kappa shape index (κ2) is 13.0. The fraction of sp³-hybridized carbons (Fsp3) is 0.364. The first kappa shape index (κ1) is 41.8. The van der Waals surface area contributed by atoms with Crippen LogP contribution in [0.15, 0.2) is 48.5 Å². The van der Waals surface area contributed by atoms with Gasteiger partial charge in [-0.2, -0.15) is 0 Å². The molecule has 12 nitrogen and oxygen atoms in total. The van der Waals surface area contributed by atoms with E-state index in [0.717, 1.165) is 22.1 Å². The van der Waals surface area contributed by atoms with Crippen molar-refractivity contribution in [1.82, 2.24) is 40.1 Å².